The van der Waals surface area contributed by atoms with Crippen LogP contribution in [0.5, 0.6) is 5.75 Å². The fourth-order valence-corrected chi connectivity index (χ4v) is 7.46. The highest BCUT2D eigenvalue weighted by atomic mass is 35.5. The normalized spacial score (nSPS) is 20.4. The van der Waals surface area contributed by atoms with Crippen molar-refractivity contribution in [2.45, 2.75) is 128 Å². The SMILES string of the molecule is CCC[C@H](NC(=O)C1C[C@@H](Oc2cc(Cl)ccc2Cl)CN1C(=O)[C@@H](NC(=O)C(NC(=O)c1cnccn1)C1CCCCC1)C(C)(C)C)C(=O)C(=O)NC1CC1. The average molecular weight is 801 g/mol. The Bertz CT molecular complexity index is 1730. The second-order valence-corrected chi connectivity index (χ2v) is 16.6. The highest BCUT2D eigenvalue weighted by Crippen LogP contribution is 2.33. The van der Waals surface area contributed by atoms with E-state index in [9.17, 15) is 28.8 Å². The summed E-state index contributed by atoms with van der Waals surface area (Å²) < 4.78 is 6.22. The summed E-state index contributed by atoms with van der Waals surface area (Å²) in [5.74, 6) is -3.73. The van der Waals surface area contributed by atoms with Gasteiger partial charge >= 0.3 is 0 Å². The Labute approximate surface area is 331 Å². The van der Waals surface area contributed by atoms with Crippen LogP contribution in [0, 0.1) is 11.3 Å². The van der Waals surface area contributed by atoms with Gasteiger partial charge in [-0.25, -0.2) is 4.98 Å². The second kappa shape index (κ2) is 18.6. The van der Waals surface area contributed by atoms with Crippen LogP contribution < -0.4 is 26.0 Å². The third-order valence-electron chi connectivity index (χ3n) is 10.3. The maximum Gasteiger partial charge on any atom is 0.289 e. The van der Waals surface area contributed by atoms with E-state index in [1.54, 1.807) is 32.9 Å². The van der Waals surface area contributed by atoms with Crippen molar-refractivity contribution in [1.29, 1.82) is 0 Å². The minimum Gasteiger partial charge on any atom is -0.487 e. The van der Waals surface area contributed by atoms with E-state index in [1.807, 2.05) is 6.92 Å². The summed E-state index contributed by atoms with van der Waals surface area (Å²) in [6.45, 7) is 7.16. The first-order valence-corrected chi connectivity index (χ1v) is 19.9. The molecule has 298 valence electrons. The Balaban J connectivity index is 1.41. The minimum absolute atomic E-state index is 0.0192. The molecule has 2 aromatic rings. The number of Topliss-reactive ketones (excluding diaryl/α,β-unsaturated/α-hetero) is 1. The van der Waals surface area contributed by atoms with Crippen molar-refractivity contribution in [2.75, 3.05) is 6.54 Å². The number of amides is 5. The molecule has 2 saturated carbocycles. The molecule has 4 N–H and O–H groups in total. The summed E-state index contributed by atoms with van der Waals surface area (Å²) in [6, 6.07) is 0.312. The van der Waals surface area contributed by atoms with Crippen molar-refractivity contribution in [3.8, 4) is 5.75 Å². The first-order valence-electron chi connectivity index (χ1n) is 19.1. The largest absolute Gasteiger partial charge is 0.487 e. The molecule has 0 bridgehead atoms. The average Bonchev–Trinajstić information content (AvgIpc) is 3.88. The molecule has 1 aromatic heterocycles. The molecule has 1 saturated heterocycles. The number of hydrogen-bond acceptors (Lipinski definition) is 9. The molecule has 0 radical (unpaired) electrons. The lowest BCUT2D eigenvalue weighted by atomic mass is 9.82. The Morgan fingerprint density at radius 2 is 1.69 bits per heavy atom. The number of ketones is 1. The van der Waals surface area contributed by atoms with E-state index in [0.717, 1.165) is 32.1 Å². The zero-order valence-corrected chi connectivity index (χ0v) is 33.3. The lowest BCUT2D eigenvalue weighted by Gasteiger charge is -2.37. The highest BCUT2D eigenvalue weighted by Gasteiger charge is 2.47. The van der Waals surface area contributed by atoms with Gasteiger partial charge in [0, 0.05) is 35.9 Å². The van der Waals surface area contributed by atoms with E-state index in [-0.39, 0.29) is 47.8 Å². The van der Waals surface area contributed by atoms with E-state index in [1.165, 1.54) is 29.6 Å². The van der Waals surface area contributed by atoms with Gasteiger partial charge in [-0.2, -0.15) is 0 Å². The van der Waals surface area contributed by atoms with Crippen LogP contribution in [0.1, 0.15) is 102 Å². The molecule has 5 rings (SSSR count). The molecule has 3 fully saturated rings. The van der Waals surface area contributed by atoms with Crippen LogP contribution in [0.4, 0.5) is 0 Å². The zero-order chi connectivity index (χ0) is 39.9. The first-order chi connectivity index (χ1) is 26.2. The second-order valence-electron chi connectivity index (χ2n) is 15.8. The van der Waals surface area contributed by atoms with Crippen LogP contribution in [0.15, 0.2) is 36.8 Å². The minimum atomic E-state index is -1.15. The van der Waals surface area contributed by atoms with Crippen LogP contribution in [0.25, 0.3) is 0 Å². The Morgan fingerprint density at radius 3 is 2.33 bits per heavy atom. The Morgan fingerprint density at radius 1 is 0.964 bits per heavy atom. The number of likely N-dealkylation sites (tertiary alicyclic amines) is 1. The van der Waals surface area contributed by atoms with Crippen LogP contribution in [-0.2, 0) is 24.0 Å². The van der Waals surface area contributed by atoms with E-state index in [0.29, 0.717) is 24.3 Å². The van der Waals surface area contributed by atoms with E-state index in [2.05, 4.69) is 31.2 Å². The zero-order valence-electron chi connectivity index (χ0n) is 31.7. The molecule has 2 unspecified atom stereocenters. The third-order valence-corrected chi connectivity index (χ3v) is 10.8. The van der Waals surface area contributed by atoms with Crippen molar-refractivity contribution in [3.63, 3.8) is 0 Å². The van der Waals surface area contributed by atoms with E-state index >= 15 is 0 Å². The van der Waals surface area contributed by atoms with Crippen molar-refractivity contribution in [3.05, 3.63) is 52.5 Å². The number of benzene rings is 1. The molecule has 1 aromatic carbocycles. The summed E-state index contributed by atoms with van der Waals surface area (Å²) in [6.07, 6.45) is 9.98. The van der Waals surface area contributed by atoms with Gasteiger partial charge in [0.15, 0.2) is 0 Å². The fourth-order valence-electron chi connectivity index (χ4n) is 7.13. The molecule has 1 aliphatic heterocycles. The molecule has 0 spiro atoms. The van der Waals surface area contributed by atoms with Crippen LogP contribution in [0.3, 0.4) is 0 Å². The Kier molecular flexibility index (Phi) is 14.1. The van der Waals surface area contributed by atoms with Crippen molar-refractivity contribution in [1.82, 2.24) is 36.1 Å². The number of nitrogens with zero attached hydrogens (tertiary/aromatic N) is 3. The van der Waals surface area contributed by atoms with Gasteiger partial charge in [-0.1, -0.05) is 76.6 Å². The number of ether oxygens (including phenoxy) is 1. The van der Waals surface area contributed by atoms with E-state index < -0.39 is 71.0 Å². The lowest BCUT2D eigenvalue weighted by molar-refractivity contribution is -0.145. The molecule has 2 aliphatic carbocycles. The van der Waals surface area contributed by atoms with Crippen molar-refractivity contribution in [2.24, 2.45) is 11.3 Å². The summed E-state index contributed by atoms with van der Waals surface area (Å²) in [4.78, 5) is 91.8. The smallest absolute Gasteiger partial charge is 0.289 e. The summed E-state index contributed by atoms with van der Waals surface area (Å²) in [7, 11) is 0. The summed E-state index contributed by atoms with van der Waals surface area (Å²) in [5, 5.41) is 11.9. The number of aromatic nitrogens is 2. The molecule has 55 heavy (non-hydrogen) atoms. The predicted octanol–water partition coefficient (Wildman–Crippen LogP) is 4.17. The molecular formula is C39H51Cl2N7O7. The van der Waals surface area contributed by atoms with Crippen molar-refractivity contribution >= 4 is 58.5 Å². The van der Waals surface area contributed by atoms with Gasteiger partial charge in [-0.15, -0.1) is 0 Å². The van der Waals surface area contributed by atoms with Gasteiger partial charge < -0.3 is 30.9 Å². The molecule has 5 atom stereocenters. The van der Waals surface area contributed by atoms with Crippen molar-refractivity contribution < 1.29 is 33.5 Å². The number of halogens is 2. The Hall–Kier alpha value is -4.30. The van der Waals surface area contributed by atoms with Gasteiger partial charge in [-0.3, -0.25) is 33.8 Å². The van der Waals surface area contributed by atoms with E-state index in [4.69, 9.17) is 27.9 Å². The number of nitrogens with one attached hydrogen (secondary N) is 4. The van der Waals surface area contributed by atoms with Gasteiger partial charge in [0.1, 0.15) is 35.7 Å². The van der Waals surface area contributed by atoms with Gasteiger partial charge in [0.2, 0.25) is 23.5 Å². The number of carbonyl (C=O) groups excluding carboxylic acids is 6. The van der Waals surface area contributed by atoms with Crippen LogP contribution in [0.2, 0.25) is 10.0 Å². The predicted molar refractivity (Wildman–Crippen MR) is 205 cm³/mol. The monoisotopic (exact) mass is 799 g/mol. The van der Waals surface area contributed by atoms with Gasteiger partial charge in [-0.05, 0) is 55.6 Å². The van der Waals surface area contributed by atoms with Gasteiger partial charge in [0.05, 0.1) is 23.8 Å². The van der Waals surface area contributed by atoms with Crippen LogP contribution >= 0.6 is 23.2 Å². The topological polar surface area (TPSA) is 189 Å². The number of rotatable bonds is 15. The molecular weight excluding hydrogens is 749 g/mol. The maximum absolute atomic E-state index is 14.8. The quantitative estimate of drug-likeness (QED) is 0.192. The first kappa shape index (κ1) is 41.9. The third kappa shape index (κ3) is 11.2. The van der Waals surface area contributed by atoms with Crippen LogP contribution in [-0.4, -0.2) is 93.0 Å². The number of carbonyl (C=O) groups is 6. The molecule has 16 heteroatoms. The molecule has 2 heterocycles. The summed E-state index contributed by atoms with van der Waals surface area (Å²) >= 11 is 12.6. The fraction of sp³-hybridized carbons (Fsp3) is 0.590. The highest BCUT2D eigenvalue weighted by molar-refractivity contribution is 6.38. The molecule has 14 nitrogen and oxygen atoms in total. The molecule has 5 amide bonds. The number of hydrogen-bond donors (Lipinski definition) is 4. The standard InChI is InChI=1S/C39H51Cl2N7O7/c1-5-9-27(32(49)37(53)44-24-13-14-24)45-35(51)29-19-25(55-30-18-23(40)12-15-26(30)41)21-48(29)38(54)33(39(2,3)4)47-36(52)31(22-10-7-6-8-11-22)46-34(50)28-20-42-16-17-43-28/h12,15-18,20,22,24-25,27,29,31,33H,5-11,13-14,19,21H2,1-4H3,(H,44,53)(H,45,51)(H,46,50)(H,47,52)/t25-,27+,29?,31?,33-/m1/s1. The molecule has 3 aliphatic rings. The lowest BCUT2D eigenvalue weighted by Crippen LogP contribution is -2.62. The summed E-state index contributed by atoms with van der Waals surface area (Å²) in [5.41, 5.74) is -0.808. The van der Waals surface area contributed by atoms with Gasteiger partial charge in [0.25, 0.3) is 11.8 Å². The maximum atomic E-state index is 14.8.